The Kier molecular flexibility index (Phi) is 8.38. The molecule has 31 heavy (non-hydrogen) atoms. The van der Waals surface area contributed by atoms with Crippen molar-refractivity contribution in [3.8, 4) is 9.75 Å². The van der Waals surface area contributed by atoms with Crippen LogP contribution >= 0.6 is 22.7 Å². The predicted molar refractivity (Wildman–Crippen MR) is 157 cm³/mol. The molecule has 3 rings (SSSR count). The van der Waals surface area contributed by atoms with Gasteiger partial charge in [0.2, 0.25) is 0 Å². The normalized spacial score (nSPS) is 15.4. The summed E-state index contributed by atoms with van der Waals surface area (Å²) in [5, 5.41) is 3.76. The smallest absolute Gasteiger partial charge is 0.122 e. The van der Waals surface area contributed by atoms with Crippen LogP contribution in [0.15, 0.2) is 12.1 Å². The molecular weight excluding hydrogens is 461 g/mol. The molecule has 0 aliphatic carbocycles. The van der Waals surface area contributed by atoms with Crippen molar-refractivity contribution in [2.45, 2.75) is 117 Å². The molecule has 0 saturated heterocycles. The van der Waals surface area contributed by atoms with Gasteiger partial charge < -0.3 is 0 Å². The number of fused-ring (bicyclic) bond motifs is 3. The van der Waals surface area contributed by atoms with Crippen molar-refractivity contribution >= 4 is 66.3 Å². The van der Waals surface area contributed by atoms with E-state index in [0.29, 0.717) is 0 Å². The molecule has 0 unspecified atom stereocenters. The second kappa shape index (κ2) is 10.1. The van der Waals surface area contributed by atoms with Crippen LogP contribution in [-0.2, 0) is 0 Å². The van der Waals surface area contributed by atoms with Gasteiger partial charge in [0, 0.05) is 9.75 Å². The van der Waals surface area contributed by atoms with Gasteiger partial charge in [0.15, 0.2) is 0 Å². The molecule has 174 valence electrons. The first-order chi connectivity index (χ1) is 14.5. The fourth-order valence-electron chi connectivity index (χ4n) is 5.09. The second-order valence-corrected chi connectivity index (χ2v) is 29.1. The summed E-state index contributed by atoms with van der Waals surface area (Å²) >= 11 is 4.42. The molecule has 3 heterocycles. The van der Waals surface area contributed by atoms with E-state index in [1.807, 2.05) is 10.4 Å². The third-order valence-electron chi connectivity index (χ3n) is 7.09. The second-order valence-electron chi connectivity index (χ2n) is 11.9. The van der Waals surface area contributed by atoms with E-state index >= 15 is 0 Å². The highest BCUT2D eigenvalue weighted by atomic mass is 32.1. The minimum atomic E-state index is -1.62. The zero-order valence-corrected chi connectivity index (χ0v) is 26.2. The standard InChI is InChI=1S/C26H46S2Si3/c1-9-11-13-15-17-31(18-16-14-12-10-2)21-19-23(29(3,4)5)27-25(21)26-22(31)20-24(28-26)30(6,7)8/h19-20H,9-18H2,1-8H3. The molecule has 0 nitrogen and oxygen atoms in total. The summed E-state index contributed by atoms with van der Waals surface area (Å²) in [6, 6.07) is 8.53. The SMILES string of the molecule is CCCCCC[Si]1(CCCCCC)c2cc([Si](C)(C)C)sc2-c2sc([Si](C)(C)C)cc21. The highest BCUT2D eigenvalue weighted by molar-refractivity contribution is 7.38. The highest BCUT2D eigenvalue weighted by Gasteiger charge is 2.48. The van der Waals surface area contributed by atoms with Gasteiger partial charge >= 0.3 is 0 Å². The molecule has 0 saturated carbocycles. The van der Waals surface area contributed by atoms with Crippen LogP contribution in [-0.4, -0.2) is 24.2 Å². The fraction of sp³-hybridized carbons (Fsp3) is 0.692. The number of rotatable bonds is 12. The van der Waals surface area contributed by atoms with E-state index in [-0.39, 0.29) is 0 Å². The average molecular weight is 507 g/mol. The van der Waals surface area contributed by atoms with Crippen molar-refractivity contribution < 1.29 is 0 Å². The minimum absolute atomic E-state index is 1.27. The Morgan fingerprint density at radius 2 is 1.00 bits per heavy atom. The van der Waals surface area contributed by atoms with Crippen molar-refractivity contribution in [3.63, 3.8) is 0 Å². The number of hydrogen-bond acceptors (Lipinski definition) is 2. The van der Waals surface area contributed by atoms with Crippen LogP contribution in [0.4, 0.5) is 0 Å². The lowest BCUT2D eigenvalue weighted by atomic mass is 10.2. The molecular formula is C26H46S2Si3. The van der Waals surface area contributed by atoms with Crippen LogP contribution in [0.1, 0.15) is 65.2 Å². The van der Waals surface area contributed by atoms with E-state index in [4.69, 9.17) is 0 Å². The van der Waals surface area contributed by atoms with Gasteiger partial charge in [-0.1, -0.05) is 117 Å². The maximum atomic E-state index is 2.76. The topological polar surface area (TPSA) is 0 Å². The van der Waals surface area contributed by atoms with Crippen molar-refractivity contribution in [2.75, 3.05) is 0 Å². The average Bonchev–Trinajstić information content (AvgIpc) is 3.35. The van der Waals surface area contributed by atoms with Gasteiger partial charge in [-0.25, -0.2) is 0 Å². The number of unbranched alkanes of at least 4 members (excludes halogenated alkanes) is 6. The van der Waals surface area contributed by atoms with Crippen LogP contribution in [0.2, 0.25) is 51.4 Å². The Balaban J connectivity index is 2.10. The summed E-state index contributed by atoms with van der Waals surface area (Å²) in [7, 11) is -4.17. The molecule has 0 atom stereocenters. The molecule has 0 spiro atoms. The summed E-state index contributed by atoms with van der Waals surface area (Å²) in [5.74, 6) is 0. The maximum absolute atomic E-state index is 2.76. The van der Waals surface area contributed by atoms with E-state index in [1.54, 1.807) is 18.8 Å². The lowest BCUT2D eigenvalue weighted by Crippen LogP contribution is -2.55. The summed E-state index contributed by atoms with van der Waals surface area (Å²) in [4.78, 5) is 3.47. The summed E-state index contributed by atoms with van der Waals surface area (Å²) < 4.78 is 3.51. The first kappa shape index (κ1) is 25.7. The van der Waals surface area contributed by atoms with Crippen molar-refractivity contribution in [1.29, 1.82) is 0 Å². The van der Waals surface area contributed by atoms with Crippen molar-refractivity contribution in [2.24, 2.45) is 0 Å². The summed E-state index contributed by atoms with van der Waals surface area (Å²) in [6.07, 6.45) is 11.3. The molecule has 0 aromatic carbocycles. The van der Waals surface area contributed by atoms with Gasteiger partial charge in [0.1, 0.15) is 8.07 Å². The first-order valence-corrected chi connectivity index (χ1v) is 23.9. The lowest BCUT2D eigenvalue weighted by molar-refractivity contribution is 0.684. The Hall–Kier alpha value is 0.0506. The molecule has 2 aromatic rings. The van der Waals surface area contributed by atoms with Gasteiger partial charge in [0.05, 0.1) is 16.1 Å². The van der Waals surface area contributed by atoms with Crippen LogP contribution in [0, 0.1) is 0 Å². The monoisotopic (exact) mass is 506 g/mol. The molecule has 0 amide bonds. The number of thiophene rings is 2. The largest absolute Gasteiger partial charge is 0.144 e. The van der Waals surface area contributed by atoms with Crippen LogP contribution in [0.25, 0.3) is 9.75 Å². The Morgan fingerprint density at radius 3 is 1.32 bits per heavy atom. The molecule has 1 aliphatic rings. The molecule has 0 N–H and O–H groups in total. The predicted octanol–water partition coefficient (Wildman–Crippen LogP) is 7.60. The Labute approximate surface area is 203 Å². The zero-order chi connectivity index (χ0) is 22.9. The molecule has 0 radical (unpaired) electrons. The van der Waals surface area contributed by atoms with Crippen LogP contribution in [0.5, 0.6) is 0 Å². The summed E-state index contributed by atoms with van der Waals surface area (Å²) in [5.41, 5.74) is 0. The van der Waals surface area contributed by atoms with Crippen LogP contribution in [0.3, 0.4) is 0 Å². The van der Waals surface area contributed by atoms with E-state index in [1.165, 1.54) is 63.5 Å². The van der Waals surface area contributed by atoms with Crippen LogP contribution < -0.4 is 19.4 Å². The van der Waals surface area contributed by atoms with Gasteiger partial charge in [0.25, 0.3) is 0 Å². The van der Waals surface area contributed by atoms with E-state index in [9.17, 15) is 0 Å². The molecule has 0 fully saturated rings. The third-order valence-corrected chi connectivity index (χ3v) is 22.3. The fourth-order valence-corrected chi connectivity index (χ4v) is 18.5. The minimum Gasteiger partial charge on any atom is -0.144 e. The van der Waals surface area contributed by atoms with Gasteiger partial charge in [-0.05, 0) is 31.5 Å². The quantitative estimate of drug-likeness (QED) is 0.205. The highest BCUT2D eigenvalue weighted by Crippen LogP contribution is 2.40. The van der Waals surface area contributed by atoms with Gasteiger partial charge in [-0.15, -0.1) is 22.7 Å². The Bertz CT molecular complexity index is 792. The van der Waals surface area contributed by atoms with Crippen molar-refractivity contribution in [1.82, 2.24) is 0 Å². The van der Waals surface area contributed by atoms with E-state index in [0.717, 1.165) is 0 Å². The van der Waals surface area contributed by atoms with Gasteiger partial charge in [-0.2, -0.15) is 0 Å². The van der Waals surface area contributed by atoms with Gasteiger partial charge in [-0.3, -0.25) is 0 Å². The third kappa shape index (κ3) is 5.42. The van der Waals surface area contributed by atoms with Crippen molar-refractivity contribution in [3.05, 3.63) is 12.1 Å². The van der Waals surface area contributed by atoms with E-state index < -0.39 is 24.2 Å². The van der Waals surface area contributed by atoms with E-state index in [2.05, 4.69) is 87.9 Å². The summed E-state index contributed by atoms with van der Waals surface area (Å²) in [6.45, 7) is 20.0. The molecule has 1 aliphatic heterocycles. The maximum Gasteiger partial charge on any atom is 0.122 e. The zero-order valence-electron chi connectivity index (χ0n) is 21.5. The lowest BCUT2D eigenvalue weighted by Gasteiger charge is -2.29. The first-order valence-electron chi connectivity index (χ1n) is 12.8. The number of hydrogen-bond donors (Lipinski definition) is 0. The molecule has 2 aromatic heterocycles. The molecule has 5 heteroatoms. The Morgan fingerprint density at radius 1 is 0.613 bits per heavy atom. The molecule has 0 bridgehead atoms.